The molecule has 0 radical (unpaired) electrons. The van der Waals surface area contributed by atoms with Crippen molar-refractivity contribution in [1.29, 1.82) is 0 Å². The number of nitrogens with zero attached hydrogens (tertiary/aromatic N) is 3. The number of aliphatic hydroxyl groups is 2. The summed E-state index contributed by atoms with van der Waals surface area (Å²) in [7, 11) is 0. The predicted octanol–water partition coefficient (Wildman–Crippen LogP) is -0.273. The molecular formula is C11H18N4O2. The third-order valence-corrected chi connectivity index (χ3v) is 2.76. The molecule has 0 aliphatic heterocycles. The van der Waals surface area contributed by atoms with Gasteiger partial charge >= 0.3 is 0 Å². The van der Waals surface area contributed by atoms with Crippen LogP contribution in [-0.4, -0.2) is 46.5 Å². The van der Waals surface area contributed by atoms with E-state index in [1.165, 1.54) is 0 Å². The Hall–Kier alpha value is -1.40. The van der Waals surface area contributed by atoms with Crippen molar-refractivity contribution in [3.05, 3.63) is 11.9 Å². The highest BCUT2D eigenvalue weighted by molar-refractivity contribution is 5.47. The van der Waals surface area contributed by atoms with Gasteiger partial charge in [0.05, 0.1) is 13.2 Å². The van der Waals surface area contributed by atoms with Gasteiger partial charge in [0.15, 0.2) is 0 Å². The molecule has 0 atom stereocenters. The molecule has 0 saturated heterocycles. The monoisotopic (exact) mass is 238 g/mol. The number of nitrogens with two attached hydrogens (primary N) is 1. The van der Waals surface area contributed by atoms with Gasteiger partial charge in [-0.2, -0.15) is 0 Å². The molecule has 17 heavy (non-hydrogen) atoms. The number of aliphatic hydroxyl groups excluding tert-OH is 2. The van der Waals surface area contributed by atoms with E-state index in [4.69, 9.17) is 15.9 Å². The first-order valence-electron chi connectivity index (χ1n) is 5.85. The van der Waals surface area contributed by atoms with Gasteiger partial charge in [-0.15, -0.1) is 0 Å². The molecule has 0 unspecified atom stereocenters. The summed E-state index contributed by atoms with van der Waals surface area (Å²) in [6.45, 7) is 0.896. The van der Waals surface area contributed by atoms with Crippen molar-refractivity contribution < 1.29 is 10.2 Å². The molecule has 1 saturated carbocycles. The second kappa shape index (κ2) is 5.29. The number of hydrogen-bond acceptors (Lipinski definition) is 6. The Bertz CT molecular complexity index is 376. The Morgan fingerprint density at radius 1 is 1.24 bits per heavy atom. The zero-order valence-electron chi connectivity index (χ0n) is 9.71. The normalized spacial score (nSPS) is 14.9. The zero-order chi connectivity index (χ0) is 12.3. The molecule has 6 heteroatoms. The van der Waals surface area contributed by atoms with Crippen molar-refractivity contribution >= 4 is 11.6 Å². The van der Waals surface area contributed by atoms with Gasteiger partial charge in [-0.25, -0.2) is 9.97 Å². The molecule has 1 aliphatic carbocycles. The van der Waals surface area contributed by atoms with E-state index in [1.54, 1.807) is 6.07 Å². The van der Waals surface area contributed by atoms with Crippen molar-refractivity contribution in [2.45, 2.75) is 18.8 Å². The summed E-state index contributed by atoms with van der Waals surface area (Å²) in [4.78, 5) is 10.5. The lowest BCUT2D eigenvalue weighted by Gasteiger charge is -2.22. The van der Waals surface area contributed by atoms with Crippen molar-refractivity contribution in [2.24, 2.45) is 0 Å². The molecule has 1 heterocycles. The summed E-state index contributed by atoms with van der Waals surface area (Å²) in [5.41, 5.74) is 5.75. The van der Waals surface area contributed by atoms with Crippen LogP contribution in [0.4, 0.5) is 11.6 Å². The first kappa shape index (κ1) is 12.1. The van der Waals surface area contributed by atoms with Gasteiger partial charge in [-0.1, -0.05) is 0 Å². The van der Waals surface area contributed by atoms with E-state index in [2.05, 4.69) is 9.97 Å². The van der Waals surface area contributed by atoms with E-state index in [0.29, 0.717) is 30.6 Å². The Kier molecular flexibility index (Phi) is 3.75. The predicted molar refractivity (Wildman–Crippen MR) is 64.8 cm³/mol. The minimum Gasteiger partial charge on any atom is -0.395 e. The average Bonchev–Trinajstić information content (AvgIpc) is 3.12. The van der Waals surface area contributed by atoms with E-state index in [9.17, 15) is 0 Å². The molecule has 1 aliphatic rings. The van der Waals surface area contributed by atoms with Gasteiger partial charge in [-0.05, 0) is 12.8 Å². The van der Waals surface area contributed by atoms with Gasteiger partial charge in [0.25, 0.3) is 0 Å². The van der Waals surface area contributed by atoms with Crippen molar-refractivity contribution in [2.75, 3.05) is 36.9 Å². The van der Waals surface area contributed by atoms with Crippen LogP contribution in [0.1, 0.15) is 24.6 Å². The lowest BCUT2D eigenvalue weighted by molar-refractivity contribution is 0.280. The second-order valence-electron chi connectivity index (χ2n) is 4.22. The molecule has 2 rings (SSSR count). The molecule has 0 spiro atoms. The van der Waals surface area contributed by atoms with Crippen LogP contribution in [-0.2, 0) is 0 Å². The number of aromatic nitrogens is 2. The third-order valence-electron chi connectivity index (χ3n) is 2.76. The van der Waals surface area contributed by atoms with Gasteiger partial charge in [-0.3, -0.25) is 0 Å². The van der Waals surface area contributed by atoms with Crippen molar-refractivity contribution in [1.82, 2.24) is 9.97 Å². The fourth-order valence-electron chi connectivity index (χ4n) is 1.74. The quantitative estimate of drug-likeness (QED) is 0.631. The molecule has 1 fully saturated rings. The molecule has 1 aromatic rings. The third kappa shape index (κ3) is 3.04. The molecule has 0 amide bonds. The van der Waals surface area contributed by atoms with Crippen LogP contribution >= 0.6 is 0 Å². The van der Waals surface area contributed by atoms with Gasteiger partial charge < -0.3 is 20.8 Å². The van der Waals surface area contributed by atoms with Crippen molar-refractivity contribution in [3.63, 3.8) is 0 Å². The van der Waals surface area contributed by atoms with Gasteiger partial charge in [0.1, 0.15) is 17.5 Å². The Morgan fingerprint density at radius 3 is 2.41 bits per heavy atom. The highest BCUT2D eigenvalue weighted by Gasteiger charge is 2.27. The molecule has 6 nitrogen and oxygen atoms in total. The molecular weight excluding hydrogens is 220 g/mol. The summed E-state index contributed by atoms with van der Waals surface area (Å²) in [5, 5.41) is 18.0. The van der Waals surface area contributed by atoms with E-state index in [1.807, 2.05) is 4.90 Å². The largest absolute Gasteiger partial charge is 0.395 e. The maximum absolute atomic E-state index is 8.99. The fraction of sp³-hybridized carbons (Fsp3) is 0.636. The topological polar surface area (TPSA) is 95.5 Å². The smallest absolute Gasteiger partial charge is 0.136 e. The van der Waals surface area contributed by atoms with Crippen LogP contribution in [0.2, 0.25) is 0 Å². The summed E-state index contributed by atoms with van der Waals surface area (Å²) in [6, 6.07) is 1.68. The summed E-state index contributed by atoms with van der Waals surface area (Å²) >= 11 is 0. The lowest BCUT2D eigenvalue weighted by Crippen LogP contribution is -2.30. The maximum atomic E-state index is 8.99. The number of hydrogen-bond donors (Lipinski definition) is 3. The fourth-order valence-corrected chi connectivity index (χ4v) is 1.74. The first-order chi connectivity index (χ1) is 8.24. The van der Waals surface area contributed by atoms with Crippen LogP contribution in [0.25, 0.3) is 0 Å². The van der Waals surface area contributed by atoms with Crippen molar-refractivity contribution in [3.8, 4) is 0 Å². The second-order valence-corrected chi connectivity index (χ2v) is 4.22. The highest BCUT2D eigenvalue weighted by Crippen LogP contribution is 2.38. The van der Waals surface area contributed by atoms with Crippen LogP contribution in [0.15, 0.2) is 6.07 Å². The summed E-state index contributed by atoms with van der Waals surface area (Å²) in [6.07, 6.45) is 2.23. The number of nitrogen functional groups attached to an aromatic ring is 1. The van der Waals surface area contributed by atoms with Crippen LogP contribution in [0.3, 0.4) is 0 Å². The Labute approximate surface area is 100 Å². The van der Waals surface area contributed by atoms with E-state index < -0.39 is 0 Å². The highest BCUT2D eigenvalue weighted by atomic mass is 16.3. The van der Waals surface area contributed by atoms with E-state index >= 15 is 0 Å². The van der Waals surface area contributed by atoms with E-state index in [-0.39, 0.29) is 13.2 Å². The molecule has 1 aromatic heterocycles. The standard InChI is InChI=1S/C11H18N4O2/c12-9-7-10(15(3-5-16)4-6-17)14-11(13-9)8-1-2-8/h7-8,16-17H,1-6H2,(H2,12,13,14). The maximum Gasteiger partial charge on any atom is 0.136 e. The molecule has 4 N–H and O–H groups in total. The van der Waals surface area contributed by atoms with Crippen LogP contribution in [0.5, 0.6) is 0 Å². The van der Waals surface area contributed by atoms with Crippen LogP contribution in [0, 0.1) is 0 Å². The molecule has 0 bridgehead atoms. The van der Waals surface area contributed by atoms with Crippen LogP contribution < -0.4 is 10.6 Å². The van der Waals surface area contributed by atoms with Gasteiger partial charge in [0, 0.05) is 25.1 Å². The minimum atomic E-state index is 0.0165. The summed E-state index contributed by atoms with van der Waals surface area (Å²) < 4.78 is 0. The SMILES string of the molecule is Nc1cc(N(CCO)CCO)nc(C2CC2)n1. The molecule has 0 aromatic carbocycles. The minimum absolute atomic E-state index is 0.0165. The Morgan fingerprint density at radius 2 is 1.88 bits per heavy atom. The summed E-state index contributed by atoms with van der Waals surface area (Å²) in [5.74, 6) is 2.34. The Balaban J connectivity index is 2.21. The number of rotatable bonds is 6. The lowest BCUT2D eigenvalue weighted by atomic mass is 10.3. The molecule has 94 valence electrons. The van der Waals surface area contributed by atoms with E-state index in [0.717, 1.165) is 18.7 Å². The average molecular weight is 238 g/mol. The number of anilines is 2. The zero-order valence-corrected chi connectivity index (χ0v) is 9.71. The first-order valence-corrected chi connectivity index (χ1v) is 5.85. The van der Waals surface area contributed by atoms with Gasteiger partial charge in [0.2, 0.25) is 0 Å².